The number of rotatable bonds is 27. The highest BCUT2D eigenvalue weighted by Crippen LogP contribution is 2.44. The highest BCUT2D eigenvalue weighted by molar-refractivity contribution is 5.94. The van der Waals surface area contributed by atoms with Crippen LogP contribution in [0, 0.1) is 0 Å². The van der Waals surface area contributed by atoms with E-state index in [0.717, 1.165) is 10.8 Å². The number of benzene rings is 11. The summed E-state index contributed by atoms with van der Waals surface area (Å²) >= 11 is 0. The van der Waals surface area contributed by atoms with Gasteiger partial charge in [0.05, 0.1) is 64.8 Å². The maximum Gasteiger partial charge on any atom is 0.338 e. The number of carbonyl (C=O) groups is 8. The van der Waals surface area contributed by atoms with Gasteiger partial charge in [-0.05, 0) is 144 Å². The molecule has 14 atom stereocenters. The summed E-state index contributed by atoms with van der Waals surface area (Å²) in [6.07, 6.45) is -26.0. The Morgan fingerprint density at radius 1 is 0.348 bits per heavy atom. The summed E-state index contributed by atoms with van der Waals surface area (Å²) in [5.41, 5.74) is 0.501. The van der Waals surface area contributed by atoms with Crippen molar-refractivity contribution in [1.29, 1.82) is 0 Å². The molecule has 0 aromatic heterocycles. The third-order valence-electron chi connectivity index (χ3n) is 19.3. The molecule has 0 saturated carbocycles. The first kappa shape index (κ1) is 78.6. The van der Waals surface area contributed by atoms with Crippen LogP contribution in [0.3, 0.4) is 0 Å². The van der Waals surface area contributed by atoms with Crippen molar-refractivity contribution in [3.05, 3.63) is 365 Å². The molecule has 0 unspecified atom stereocenters. The Morgan fingerprint density at radius 3 is 1.03 bits per heavy atom. The minimum Gasteiger partial charge on any atom is -0.497 e. The summed E-state index contributed by atoms with van der Waals surface area (Å²) in [5.74, 6) is -10.7. The molecule has 0 spiro atoms. The number of hydrogen-bond acceptors (Lipinski definition) is 24. The molecule has 3 fully saturated rings. The zero-order chi connectivity index (χ0) is 79.6. The molecule has 0 radical (unpaired) electrons. The van der Waals surface area contributed by atoms with Crippen molar-refractivity contribution in [1.82, 2.24) is 0 Å². The average molecular weight is 1550 g/mol. The first-order valence-electron chi connectivity index (χ1n) is 36.9. The number of hydrogen-bond donors (Lipinski definition) is 1. The molecule has 3 aliphatic heterocycles. The average Bonchev–Trinajstić information content (AvgIpc) is 0.740. The molecule has 115 heavy (non-hydrogen) atoms. The van der Waals surface area contributed by atoms with Gasteiger partial charge in [-0.3, -0.25) is 0 Å². The standard InChI is InChI=1S/C91H76O24/c1-101-69-50-48-68(49-51-69)91(100)80(115-90-79(113-88(99)66-43-24-9-25-44-66)77(111-86(97)64-39-20-7-21-40-64)74(109-84(95)62-35-16-5-17-36-62)72(107-90)55-104-82(93)60-31-12-3-13-32-60)75(70(56-105-91)102-53-57-46-47-58-28-26-27-45-67(58)52-57)114-89-78(112-87(98)65-41-22-8-23-42-65)76(110-85(96)63-37-18-6-19-38-63)73(108-83(94)61-33-14-4-15-34-61)71(106-89)54-103-81(92)59-29-10-2-11-30-59/h2-52,70-80,89-90,100H,53-56H2,1H3/t70-,71+,72+,73+,74+,75+,76-,77-,78+,79+,80-,89-,90-,91-/m0/s1. The van der Waals surface area contributed by atoms with Crippen LogP contribution in [-0.2, 0) is 78.7 Å². The van der Waals surface area contributed by atoms with Gasteiger partial charge < -0.3 is 76.2 Å². The lowest BCUT2D eigenvalue weighted by Crippen LogP contribution is -2.69. The Hall–Kier alpha value is -13.0. The fourth-order valence-corrected chi connectivity index (χ4v) is 13.5. The van der Waals surface area contributed by atoms with Crippen molar-refractivity contribution in [2.24, 2.45) is 0 Å². The maximum atomic E-state index is 15.2. The smallest absolute Gasteiger partial charge is 0.338 e. The molecular weight excluding hydrogens is 1480 g/mol. The predicted molar refractivity (Wildman–Crippen MR) is 410 cm³/mol. The SMILES string of the molecule is COc1ccc([C@]2(O)OC[C@H](OCc3ccc4ccccc4c3)[C@@H](O[C@@H]3O[C@H](COC(=O)c4ccccc4)[C@@H](OC(=O)c4ccccc4)[C@H](OC(=O)c4ccccc4)[C@H]3OC(=O)c3ccccc3)[C@@H]2O[C@@H]2O[C@H](COC(=O)c3ccccc3)[C@@H](OC(=O)c3ccccc3)[C@H](OC(=O)c3ccccc3)[C@H]2OC(=O)c2ccccc2)cc1. The normalized spacial score (nSPS) is 23.0. The lowest BCUT2D eigenvalue weighted by atomic mass is 9.89. The van der Waals surface area contributed by atoms with Gasteiger partial charge in [-0.2, -0.15) is 0 Å². The quantitative estimate of drug-likeness (QED) is 0.0369. The van der Waals surface area contributed by atoms with E-state index in [4.69, 9.17) is 71.1 Å². The van der Waals surface area contributed by atoms with E-state index < -0.39 is 153 Å². The van der Waals surface area contributed by atoms with E-state index in [1.165, 1.54) is 128 Å². The first-order chi connectivity index (χ1) is 56.1. The van der Waals surface area contributed by atoms with E-state index in [1.54, 1.807) is 146 Å². The van der Waals surface area contributed by atoms with Crippen molar-refractivity contribution in [2.75, 3.05) is 26.9 Å². The fraction of sp³-hybridized carbons (Fsp3) is 0.209. The van der Waals surface area contributed by atoms with Crippen molar-refractivity contribution >= 4 is 58.5 Å². The van der Waals surface area contributed by atoms with Gasteiger partial charge >= 0.3 is 47.8 Å². The highest BCUT2D eigenvalue weighted by Gasteiger charge is 2.62. The molecule has 584 valence electrons. The zero-order valence-corrected chi connectivity index (χ0v) is 61.6. The van der Waals surface area contributed by atoms with E-state index in [2.05, 4.69) is 0 Å². The van der Waals surface area contributed by atoms with Gasteiger partial charge in [-0.25, -0.2) is 38.4 Å². The Labute approximate surface area is 659 Å². The van der Waals surface area contributed by atoms with E-state index in [0.29, 0.717) is 11.3 Å². The van der Waals surface area contributed by atoms with Crippen LogP contribution < -0.4 is 4.74 Å². The summed E-state index contributed by atoms with van der Waals surface area (Å²) < 4.78 is 99.6. The van der Waals surface area contributed by atoms with Gasteiger partial charge in [-0.1, -0.05) is 182 Å². The van der Waals surface area contributed by atoms with Crippen molar-refractivity contribution in [2.45, 2.75) is 92.1 Å². The first-order valence-corrected chi connectivity index (χ1v) is 36.9. The second-order valence-corrected chi connectivity index (χ2v) is 26.9. The van der Waals surface area contributed by atoms with E-state index in [9.17, 15) is 24.3 Å². The lowest BCUT2D eigenvalue weighted by molar-refractivity contribution is -0.409. The van der Waals surface area contributed by atoms with Crippen LogP contribution in [0.1, 0.15) is 94.0 Å². The summed E-state index contributed by atoms with van der Waals surface area (Å²) in [6, 6.07) is 81.0. The van der Waals surface area contributed by atoms with Crippen LogP contribution >= 0.6 is 0 Å². The van der Waals surface area contributed by atoms with Gasteiger partial charge in [0.15, 0.2) is 49.2 Å². The molecule has 3 aliphatic rings. The van der Waals surface area contributed by atoms with Crippen LogP contribution in [0.25, 0.3) is 10.8 Å². The van der Waals surface area contributed by atoms with Gasteiger partial charge in [0.25, 0.3) is 0 Å². The second kappa shape index (κ2) is 37.1. The van der Waals surface area contributed by atoms with Gasteiger partial charge in [0, 0.05) is 5.56 Å². The Morgan fingerprint density at radius 2 is 0.670 bits per heavy atom. The lowest BCUT2D eigenvalue weighted by Gasteiger charge is -2.52. The Balaban J connectivity index is 0.969. The van der Waals surface area contributed by atoms with Crippen molar-refractivity contribution < 1.29 is 115 Å². The zero-order valence-electron chi connectivity index (χ0n) is 61.6. The fourth-order valence-electron chi connectivity index (χ4n) is 13.5. The minimum atomic E-state index is -2.90. The number of ether oxygens (including phenoxy) is 15. The number of carbonyl (C=O) groups excluding carboxylic acids is 8. The van der Waals surface area contributed by atoms with Crippen LogP contribution in [0.2, 0.25) is 0 Å². The second-order valence-electron chi connectivity index (χ2n) is 26.9. The maximum absolute atomic E-state index is 15.2. The molecule has 0 aliphatic carbocycles. The monoisotopic (exact) mass is 1550 g/mol. The summed E-state index contributed by atoms with van der Waals surface area (Å²) in [6.45, 7) is -2.53. The van der Waals surface area contributed by atoms with E-state index >= 15 is 19.2 Å². The largest absolute Gasteiger partial charge is 0.497 e. The summed E-state index contributed by atoms with van der Waals surface area (Å²) in [7, 11) is 1.42. The van der Waals surface area contributed by atoms with Gasteiger partial charge in [0.2, 0.25) is 5.79 Å². The molecular formula is C91H76O24. The molecule has 0 bridgehead atoms. The minimum absolute atomic E-state index is 0.00229. The predicted octanol–water partition coefficient (Wildman–Crippen LogP) is 12.9. The molecule has 14 rings (SSSR count). The molecule has 1 N–H and O–H groups in total. The molecule has 0 amide bonds. The molecule has 24 nitrogen and oxygen atoms in total. The number of aliphatic hydroxyl groups is 1. The van der Waals surface area contributed by atoms with Crippen LogP contribution in [0.15, 0.2) is 309 Å². The molecule has 24 heteroatoms. The molecule has 11 aromatic rings. The van der Waals surface area contributed by atoms with Gasteiger partial charge in [0.1, 0.15) is 49.5 Å². The van der Waals surface area contributed by atoms with Crippen molar-refractivity contribution in [3.8, 4) is 5.75 Å². The Kier molecular flexibility index (Phi) is 25.4. The van der Waals surface area contributed by atoms with Crippen LogP contribution in [0.5, 0.6) is 5.75 Å². The summed E-state index contributed by atoms with van der Waals surface area (Å²) in [5, 5.41) is 16.0. The van der Waals surface area contributed by atoms with Crippen LogP contribution in [0.4, 0.5) is 0 Å². The molecule has 11 aromatic carbocycles. The number of fused-ring (bicyclic) bond motifs is 1. The highest BCUT2D eigenvalue weighted by atomic mass is 16.8. The third kappa shape index (κ3) is 19.0. The topological polar surface area (TPSA) is 295 Å². The number of esters is 8. The van der Waals surface area contributed by atoms with Gasteiger partial charge in [-0.15, -0.1) is 0 Å². The van der Waals surface area contributed by atoms with E-state index in [-0.39, 0.29) is 56.7 Å². The molecule has 3 saturated heterocycles. The number of methoxy groups -OCH3 is 1. The third-order valence-corrected chi connectivity index (χ3v) is 19.3. The van der Waals surface area contributed by atoms with E-state index in [1.807, 2.05) is 42.5 Å². The van der Waals surface area contributed by atoms with Crippen LogP contribution in [-0.4, -0.2) is 160 Å². The molecule has 3 heterocycles. The Bertz CT molecular complexity index is 5130. The summed E-state index contributed by atoms with van der Waals surface area (Å²) in [4.78, 5) is 119. The van der Waals surface area contributed by atoms with Crippen molar-refractivity contribution in [3.63, 3.8) is 0 Å².